The lowest BCUT2D eigenvalue weighted by Crippen LogP contribution is -2.43. The summed E-state index contributed by atoms with van der Waals surface area (Å²) in [6.07, 6.45) is 15.8. The van der Waals surface area contributed by atoms with Gasteiger partial charge in [0.1, 0.15) is 11.7 Å². The number of aliphatic imine (C=N–C) groups is 2. The summed E-state index contributed by atoms with van der Waals surface area (Å²) in [7, 11) is 0. The van der Waals surface area contributed by atoms with Gasteiger partial charge in [-0.1, -0.05) is 82.7 Å². The summed E-state index contributed by atoms with van der Waals surface area (Å²) in [5, 5.41) is 6.16. The SMILES string of the molecule is C=C(C)NC1CC2=C(C3=CC=N3)CN=C(C(S)C3(C)C=C3)N2C1.C=C(S/C=C\C)C(CCC)CCC.CC(C)F.Fc1cccc(Cl)c1. The van der Waals surface area contributed by atoms with Crippen molar-refractivity contribution in [1.29, 1.82) is 0 Å². The molecule has 0 saturated carbocycles. The van der Waals surface area contributed by atoms with Crippen molar-refractivity contribution in [3.63, 3.8) is 0 Å². The number of amidine groups is 1. The summed E-state index contributed by atoms with van der Waals surface area (Å²) in [6.45, 7) is 23.5. The first-order chi connectivity index (χ1) is 22.8. The molecule has 0 aromatic heterocycles. The lowest BCUT2D eigenvalue weighted by Gasteiger charge is -2.34. The first kappa shape index (κ1) is 41.6. The van der Waals surface area contributed by atoms with E-state index in [1.807, 2.05) is 13.1 Å². The average molecular weight is 717 g/mol. The summed E-state index contributed by atoms with van der Waals surface area (Å²) < 4.78 is 23.1. The van der Waals surface area contributed by atoms with Crippen LogP contribution in [-0.2, 0) is 0 Å². The molecule has 1 aromatic rings. The Labute approximate surface area is 303 Å². The first-order valence-corrected chi connectivity index (χ1v) is 18.6. The molecule has 1 fully saturated rings. The highest BCUT2D eigenvalue weighted by Gasteiger charge is 2.44. The van der Waals surface area contributed by atoms with Gasteiger partial charge in [-0.25, -0.2) is 8.78 Å². The molecule has 4 nitrogen and oxygen atoms in total. The fourth-order valence-corrected chi connectivity index (χ4v) is 6.60. The van der Waals surface area contributed by atoms with Crippen molar-refractivity contribution in [2.75, 3.05) is 13.1 Å². The van der Waals surface area contributed by atoms with Crippen molar-refractivity contribution in [3.8, 4) is 0 Å². The zero-order chi connectivity index (χ0) is 35.9. The van der Waals surface area contributed by atoms with Gasteiger partial charge in [-0.15, -0.1) is 11.8 Å². The number of allylic oxidation sites excluding steroid dienone is 6. The van der Waals surface area contributed by atoms with Gasteiger partial charge in [-0.3, -0.25) is 9.98 Å². The second kappa shape index (κ2) is 20.8. The largest absolute Gasteiger partial charge is 0.384 e. The maximum atomic E-state index is 12.1. The summed E-state index contributed by atoms with van der Waals surface area (Å²) in [5.41, 5.74) is 4.76. The minimum Gasteiger partial charge on any atom is -0.384 e. The molecule has 9 heteroatoms. The van der Waals surface area contributed by atoms with Crippen LogP contribution in [0.15, 0.2) is 105 Å². The van der Waals surface area contributed by atoms with E-state index in [-0.39, 0.29) is 16.5 Å². The number of nitrogens with one attached hydrogen (secondary N) is 1. The molecule has 0 bridgehead atoms. The third kappa shape index (κ3) is 13.8. The Bertz CT molecular complexity index is 1380. The molecule has 1 saturated heterocycles. The predicted molar refractivity (Wildman–Crippen MR) is 211 cm³/mol. The van der Waals surface area contributed by atoms with Gasteiger partial charge in [0.05, 0.1) is 23.7 Å². The van der Waals surface area contributed by atoms with E-state index in [1.165, 1.54) is 67.8 Å². The minimum atomic E-state index is -0.667. The van der Waals surface area contributed by atoms with Gasteiger partial charge in [0.25, 0.3) is 0 Å². The van der Waals surface area contributed by atoms with Gasteiger partial charge in [0, 0.05) is 52.6 Å². The molecule has 264 valence electrons. The van der Waals surface area contributed by atoms with Crippen molar-refractivity contribution in [3.05, 3.63) is 106 Å². The molecule has 2 atom stereocenters. The normalized spacial score (nSPS) is 18.8. The molecule has 48 heavy (non-hydrogen) atoms. The number of rotatable bonds is 12. The molecule has 1 aromatic carbocycles. The zero-order valence-corrected chi connectivity index (χ0v) is 32.2. The highest BCUT2D eigenvalue weighted by Crippen LogP contribution is 2.44. The third-order valence-corrected chi connectivity index (χ3v) is 9.86. The molecule has 1 aliphatic carbocycles. The molecule has 0 radical (unpaired) electrons. The van der Waals surface area contributed by atoms with Crippen molar-refractivity contribution < 1.29 is 8.78 Å². The predicted octanol–water partition coefficient (Wildman–Crippen LogP) is 11.5. The van der Waals surface area contributed by atoms with Crippen molar-refractivity contribution in [1.82, 2.24) is 10.2 Å². The van der Waals surface area contributed by atoms with Gasteiger partial charge < -0.3 is 10.2 Å². The average Bonchev–Trinajstić information content (AvgIpc) is 3.60. The van der Waals surface area contributed by atoms with E-state index in [4.69, 9.17) is 29.2 Å². The number of hydrogen-bond donors (Lipinski definition) is 2. The summed E-state index contributed by atoms with van der Waals surface area (Å²) in [5.74, 6) is 1.52. The molecule has 3 heterocycles. The van der Waals surface area contributed by atoms with Crippen molar-refractivity contribution in [2.45, 2.75) is 98.0 Å². The molecule has 0 amide bonds. The smallest absolute Gasteiger partial charge is 0.124 e. The van der Waals surface area contributed by atoms with Gasteiger partial charge in [-0.2, -0.15) is 12.6 Å². The van der Waals surface area contributed by atoms with Crippen LogP contribution in [0.2, 0.25) is 5.02 Å². The lowest BCUT2D eigenvalue weighted by molar-refractivity contribution is 0.391. The van der Waals surface area contributed by atoms with Crippen molar-refractivity contribution >= 4 is 48.0 Å². The monoisotopic (exact) mass is 716 g/mol. The fourth-order valence-electron chi connectivity index (χ4n) is 5.30. The summed E-state index contributed by atoms with van der Waals surface area (Å²) in [4.78, 5) is 13.0. The zero-order valence-electron chi connectivity index (χ0n) is 29.8. The molecular weight excluding hydrogens is 662 g/mol. The van der Waals surface area contributed by atoms with Crippen LogP contribution in [0.3, 0.4) is 0 Å². The molecule has 0 spiro atoms. The van der Waals surface area contributed by atoms with Gasteiger partial charge in [0.15, 0.2) is 0 Å². The summed E-state index contributed by atoms with van der Waals surface area (Å²) >= 11 is 12.1. The van der Waals surface area contributed by atoms with Gasteiger partial charge in [0.2, 0.25) is 0 Å². The van der Waals surface area contributed by atoms with E-state index in [9.17, 15) is 8.78 Å². The number of thioether (sulfide) groups is 1. The van der Waals surface area contributed by atoms with Crippen LogP contribution >= 0.6 is 36.0 Å². The van der Waals surface area contributed by atoms with Crippen LogP contribution in [0.5, 0.6) is 0 Å². The maximum absolute atomic E-state index is 12.1. The van der Waals surface area contributed by atoms with E-state index < -0.39 is 6.17 Å². The number of benzene rings is 1. The van der Waals surface area contributed by atoms with Crippen LogP contribution in [0.25, 0.3) is 0 Å². The van der Waals surface area contributed by atoms with Crippen LogP contribution < -0.4 is 5.32 Å². The molecule has 3 aliphatic heterocycles. The Balaban J connectivity index is 0.000000270. The molecular formula is C39H55ClF2N4S2. The van der Waals surface area contributed by atoms with Gasteiger partial charge >= 0.3 is 0 Å². The number of nitrogens with zero attached hydrogens (tertiary/aromatic N) is 3. The fraction of sp³-hybridized carbons (Fsp3) is 0.487. The second-order valence-electron chi connectivity index (χ2n) is 12.7. The van der Waals surface area contributed by atoms with Crippen LogP contribution in [0, 0.1) is 17.2 Å². The van der Waals surface area contributed by atoms with Crippen LogP contribution in [-0.4, -0.2) is 47.5 Å². The Hall–Kier alpha value is -2.55. The van der Waals surface area contributed by atoms with E-state index >= 15 is 0 Å². The van der Waals surface area contributed by atoms with E-state index in [2.05, 4.69) is 85.8 Å². The quantitative estimate of drug-likeness (QED) is 0.167. The number of thiol groups is 1. The number of hydrogen-bond acceptors (Lipinski definition) is 6. The van der Waals surface area contributed by atoms with Crippen molar-refractivity contribution in [2.24, 2.45) is 21.3 Å². The minimum absolute atomic E-state index is 0.0678. The van der Waals surface area contributed by atoms with E-state index in [1.54, 1.807) is 23.9 Å². The highest BCUT2D eigenvalue weighted by molar-refractivity contribution is 8.05. The molecule has 4 aliphatic rings. The Kier molecular flexibility index (Phi) is 18.1. The second-order valence-corrected chi connectivity index (χ2v) is 14.7. The first-order valence-electron chi connectivity index (χ1n) is 16.9. The lowest BCUT2D eigenvalue weighted by atomic mass is 9.98. The van der Waals surface area contributed by atoms with Crippen LogP contribution in [0.4, 0.5) is 8.78 Å². The Morgan fingerprint density at radius 1 is 1.23 bits per heavy atom. The highest BCUT2D eigenvalue weighted by atomic mass is 35.5. The summed E-state index contributed by atoms with van der Waals surface area (Å²) in [6, 6.07) is 6.18. The standard InChI is InChI=1S/C18H22N4S.C12H22S.C6H4ClF.C3H7F/c1-11(2)21-12-8-15-13(14-4-7-19-14)9-20-17(22(15)10-12)16(23)18(3)5-6-18;1-5-8-12(9-6-2)11(4)13-10-7-3;7-5-2-1-3-6(8)4-5;1-3(2)4/h4-7,12,16,21,23H,1,8-10H2,2-3H3;7,10,12H,4-6,8-9H2,1-3H3;1-4H;3H,1-2H3/b;10-7-;;. The molecule has 5 rings (SSSR count). The Morgan fingerprint density at radius 2 is 1.85 bits per heavy atom. The van der Waals surface area contributed by atoms with Crippen LogP contribution in [0.1, 0.15) is 80.6 Å². The number of alkyl halides is 1. The van der Waals surface area contributed by atoms with E-state index in [0.29, 0.717) is 17.6 Å². The number of fused-ring (bicyclic) bond motifs is 1. The Morgan fingerprint density at radius 3 is 2.29 bits per heavy atom. The third-order valence-electron chi connectivity index (χ3n) is 7.80. The number of halogens is 3. The van der Waals surface area contributed by atoms with Gasteiger partial charge in [-0.05, 0) is 81.0 Å². The topological polar surface area (TPSA) is 40.0 Å². The van der Waals surface area contributed by atoms with E-state index in [0.717, 1.165) is 36.1 Å². The molecule has 2 unspecified atom stereocenters. The maximum Gasteiger partial charge on any atom is 0.124 e. The molecule has 1 N–H and O–H groups in total.